The average molecular weight is 249 g/mol. The van der Waals surface area contributed by atoms with Crippen LogP contribution in [0.2, 0.25) is 0 Å². The van der Waals surface area contributed by atoms with E-state index >= 15 is 0 Å². The topological polar surface area (TPSA) is 70.2 Å². The first kappa shape index (κ1) is 12.8. The third kappa shape index (κ3) is 2.59. The molecular formula is C12H19N5O. The zero-order valence-corrected chi connectivity index (χ0v) is 10.8. The van der Waals surface area contributed by atoms with Crippen molar-refractivity contribution in [2.45, 2.75) is 18.9 Å². The molecule has 1 saturated heterocycles. The summed E-state index contributed by atoms with van der Waals surface area (Å²) in [6, 6.07) is 4.05. The van der Waals surface area contributed by atoms with Crippen LogP contribution in [0.1, 0.15) is 23.3 Å². The van der Waals surface area contributed by atoms with Gasteiger partial charge in [-0.1, -0.05) is 0 Å². The molecule has 0 saturated carbocycles. The molecule has 2 N–H and O–H groups in total. The molecule has 2 heterocycles. The lowest BCUT2D eigenvalue weighted by molar-refractivity contribution is 0.0957. The summed E-state index contributed by atoms with van der Waals surface area (Å²) in [5, 5.41) is 13.8. The fourth-order valence-electron chi connectivity index (χ4n) is 2.31. The summed E-state index contributed by atoms with van der Waals surface area (Å²) in [6.07, 6.45) is 2.34. The Balaban J connectivity index is 2.11. The molecule has 6 heteroatoms. The fourth-order valence-corrected chi connectivity index (χ4v) is 2.31. The quantitative estimate of drug-likeness (QED) is 0.787. The van der Waals surface area contributed by atoms with Crippen molar-refractivity contribution < 1.29 is 4.79 Å². The Bertz CT molecular complexity index is 405. The van der Waals surface area contributed by atoms with Crippen LogP contribution in [-0.2, 0) is 0 Å². The number of rotatable bonds is 4. The molecule has 0 bridgehead atoms. The highest BCUT2D eigenvalue weighted by Crippen LogP contribution is 2.22. The minimum absolute atomic E-state index is 0.206. The third-order valence-electron chi connectivity index (χ3n) is 3.22. The van der Waals surface area contributed by atoms with E-state index in [4.69, 9.17) is 0 Å². The second kappa shape index (κ2) is 5.77. The molecule has 6 nitrogen and oxygen atoms in total. The number of carbonyl (C=O) groups is 1. The van der Waals surface area contributed by atoms with Crippen molar-refractivity contribution in [3.8, 4) is 0 Å². The fraction of sp³-hybridized carbons (Fsp3) is 0.583. The van der Waals surface area contributed by atoms with Gasteiger partial charge in [0.2, 0.25) is 0 Å². The van der Waals surface area contributed by atoms with Gasteiger partial charge in [-0.2, -0.15) is 0 Å². The number of anilines is 1. The Morgan fingerprint density at radius 1 is 1.44 bits per heavy atom. The number of carbonyl (C=O) groups excluding carboxylic acids is 1. The molecule has 2 rings (SSSR count). The first-order valence-corrected chi connectivity index (χ1v) is 6.23. The molecule has 0 aliphatic carbocycles. The summed E-state index contributed by atoms with van der Waals surface area (Å²) in [5.74, 6) is 0.641. The van der Waals surface area contributed by atoms with Gasteiger partial charge in [0.05, 0.1) is 0 Å². The standard InChI is InChI=1S/C12H19N5O/c1-13-8-9-4-3-7-17(9)11-6-5-10(15-16-11)12(18)14-2/h5-6,9,13H,3-4,7-8H2,1-2H3,(H,14,18). The van der Waals surface area contributed by atoms with Gasteiger partial charge in [0.1, 0.15) is 0 Å². The summed E-state index contributed by atoms with van der Waals surface area (Å²) in [6.45, 7) is 1.94. The van der Waals surface area contributed by atoms with Crippen LogP contribution in [0.4, 0.5) is 5.82 Å². The van der Waals surface area contributed by atoms with E-state index in [-0.39, 0.29) is 5.91 Å². The van der Waals surface area contributed by atoms with Crippen molar-refractivity contribution >= 4 is 11.7 Å². The number of hydrogen-bond donors (Lipinski definition) is 2. The molecule has 1 aliphatic heterocycles. The van der Waals surface area contributed by atoms with Crippen LogP contribution in [-0.4, -0.2) is 49.3 Å². The zero-order valence-electron chi connectivity index (χ0n) is 10.8. The van der Waals surface area contributed by atoms with Crippen molar-refractivity contribution in [1.82, 2.24) is 20.8 Å². The van der Waals surface area contributed by atoms with Crippen LogP contribution >= 0.6 is 0 Å². The van der Waals surface area contributed by atoms with Crippen LogP contribution in [0.3, 0.4) is 0 Å². The Labute approximate surface area is 107 Å². The Morgan fingerprint density at radius 3 is 2.89 bits per heavy atom. The highest BCUT2D eigenvalue weighted by atomic mass is 16.1. The predicted octanol–water partition coefficient (Wildman–Crippen LogP) is 0.0244. The molecule has 0 radical (unpaired) electrons. The van der Waals surface area contributed by atoms with Crippen molar-refractivity contribution in [3.63, 3.8) is 0 Å². The first-order valence-electron chi connectivity index (χ1n) is 6.23. The minimum Gasteiger partial charge on any atom is -0.354 e. The monoisotopic (exact) mass is 249 g/mol. The highest BCUT2D eigenvalue weighted by molar-refractivity contribution is 5.91. The van der Waals surface area contributed by atoms with Gasteiger partial charge in [0.25, 0.3) is 5.91 Å². The first-order chi connectivity index (χ1) is 8.76. The Morgan fingerprint density at radius 2 is 2.28 bits per heavy atom. The third-order valence-corrected chi connectivity index (χ3v) is 3.22. The van der Waals surface area contributed by atoms with Crippen LogP contribution < -0.4 is 15.5 Å². The van der Waals surface area contributed by atoms with Gasteiger partial charge in [0.15, 0.2) is 11.5 Å². The number of hydrogen-bond acceptors (Lipinski definition) is 5. The van der Waals surface area contributed by atoms with Crippen LogP contribution in [0.15, 0.2) is 12.1 Å². The molecule has 18 heavy (non-hydrogen) atoms. The van der Waals surface area contributed by atoms with E-state index in [0.717, 1.165) is 18.9 Å². The maximum absolute atomic E-state index is 11.4. The molecule has 1 fully saturated rings. The smallest absolute Gasteiger partial charge is 0.271 e. The van der Waals surface area contributed by atoms with Crippen molar-refractivity contribution in [2.24, 2.45) is 0 Å². The van der Waals surface area contributed by atoms with E-state index in [1.165, 1.54) is 12.8 Å². The van der Waals surface area contributed by atoms with Gasteiger partial charge >= 0.3 is 0 Å². The summed E-state index contributed by atoms with van der Waals surface area (Å²) in [4.78, 5) is 13.6. The zero-order chi connectivity index (χ0) is 13.0. The summed E-state index contributed by atoms with van der Waals surface area (Å²) in [5.41, 5.74) is 0.352. The molecule has 1 amide bonds. The van der Waals surface area contributed by atoms with E-state index in [1.54, 1.807) is 13.1 Å². The van der Waals surface area contributed by atoms with Crippen molar-refractivity contribution in [2.75, 3.05) is 32.1 Å². The Kier molecular flexibility index (Phi) is 4.09. The number of likely N-dealkylation sites (N-methyl/N-ethyl adjacent to an activating group) is 1. The molecule has 1 aliphatic rings. The largest absolute Gasteiger partial charge is 0.354 e. The number of amides is 1. The highest BCUT2D eigenvalue weighted by Gasteiger charge is 2.25. The minimum atomic E-state index is -0.206. The van der Waals surface area contributed by atoms with Gasteiger partial charge in [-0.25, -0.2) is 0 Å². The number of nitrogens with one attached hydrogen (secondary N) is 2. The molecule has 1 aromatic heterocycles. The van der Waals surface area contributed by atoms with Crippen LogP contribution in [0.5, 0.6) is 0 Å². The van der Waals surface area contributed by atoms with Crippen LogP contribution in [0.25, 0.3) is 0 Å². The van der Waals surface area contributed by atoms with Gasteiger partial charge in [-0.05, 0) is 32.0 Å². The van der Waals surface area contributed by atoms with Gasteiger partial charge in [0, 0.05) is 26.2 Å². The van der Waals surface area contributed by atoms with Gasteiger partial charge in [-0.3, -0.25) is 4.79 Å². The van der Waals surface area contributed by atoms with Crippen molar-refractivity contribution in [1.29, 1.82) is 0 Å². The number of nitrogens with zero attached hydrogens (tertiary/aromatic N) is 3. The second-order valence-corrected chi connectivity index (χ2v) is 4.40. The van der Waals surface area contributed by atoms with E-state index in [2.05, 4.69) is 25.7 Å². The molecule has 0 aromatic carbocycles. The van der Waals surface area contributed by atoms with E-state index in [9.17, 15) is 4.79 Å². The van der Waals surface area contributed by atoms with E-state index in [1.807, 2.05) is 13.1 Å². The lowest BCUT2D eigenvalue weighted by atomic mass is 10.2. The van der Waals surface area contributed by atoms with E-state index in [0.29, 0.717) is 11.7 Å². The summed E-state index contributed by atoms with van der Waals surface area (Å²) >= 11 is 0. The molecule has 98 valence electrons. The number of aromatic nitrogens is 2. The maximum atomic E-state index is 11.4. The van der Waals surface area contributed by atoms with Crippen LogP contribution in [0, 0.1) is 0 Å². The maximum Gasteiger partial charge on any atom is 0.271 e. The second-order valence-electron chi connectivity index (χ2n) is 4.40. The Hall–Kier alpha value is -1.69. The lowest BCUT2D eigenvalue weighted by Gasteiger charge is -2.24. The molecule has 1 atom stereocenters. The summed E-state index contributed by atoms with van der Waals surface area (Å²) in [7, 11) is 3.54. The lowest BCUT2D eigenvalue weighted by Crippen LogP contribution is -2.37. The normalized spacial score (nSPS) is 19.0. The van der Waals surface area contributed by atoms with Crippen molar-refractivity contribution in [3.05, 3.63) is 17.8 Å². The summed E-state index contributed by atoms with van der Waals surface area (Å²) < 4.78 is 0. The average Bonchev–Trinajstić information content (AvgIpc) is 2.87. The molecular weight excluding hydrogens is 230 g/mol. The molecule has 0 spiro atoms. The van der Waals surface area contributed by atoms with Gasteiger partial charge < -0.3 is 15.5 Å². The predicted molar refractivity (Wildman–Crippen MR) is 69.7 cm³/mol. The molecule has 1 aromatic rings. The SMILES string of the molecule is CNCC1CCCN1c1ccc(C(=O)NC)nn1. The van der Waals surface area contributed by atoms with E-state index < -0.39 is 0 Å². The molecule has 1 unspecified atom stereocenters. The van der Waals surface area contributed by atoms with Gasteiger partial charge in [-0.15, -0.1) is 10.2 Å².